The molecule has 1 fully saturated rings. The maximum atomic E-state index is 12.6. The first kappa shape index (κ1) is 40.4. The highest BCUT2D eigenvalue weighted by Crippen LogP contribution is 2.40. The molecule has 1 aliphatic rings. The lowest BCUT2D eigenvalue weighted by atomic mass is 9.96. The number of nitrogens with one attached hydrogen (secondary N) is 1. The fraction of sp³-hybridized carbons (Fsp3) is 0.351. The molecule has 0 unspecified atom stereocenters. The SMILES string of the molecule is CC(C)C[C@H](NC(=O)CN)C(=O)OCCOc1ccc(-c2c(C#N)c(SCc3csc(-c4ccc(Cl)cc4)n3)nc(N3CCCC3)c2C#N)cc1.Cl. The molecule has 3 N–H and O–H groups in total. The molecule has 2 aromatic carbocycles. The number of hydrogen-bond donors (Lipinski definition) is 2. The predicted molar refractivity (Wildman–Crippen MR) is 207 cm³/mol. The van der Waals surface area contributed by atoms with Gasteiger partial charge in [-0.3, -0.25) is 4.79 Å². The average molecular weight is 781 g/mol. The van der Waals surface area contributed by atoms with Crippen molar-refractivity contribution in [2.45, 2.75) is 49.9 Å². The number of benzene rings is 2. The number of ether oxygens (including phenoxy) is 2. The minimum absolute atomic E-state index is 0. The van der Waals surface area contributed by atoms with E-state index in [2.05, 4.69) is 22.4 Å². The zero-order valence-electron chi connectivity index (χ0n) is 28.8. The highest BCUT2D eigenvalue weighted by Gasteiger charge is 2.27. The fourth-order valence-electron chi connectivity index (χ4n) is 5.61. The van der Waals surface area contributed by atoms with Gasteiger partial charge in [-0.2, -0.15) is 10.5 Å². The predicted octanol–water partition coefficient (Wildman–Crippen LogP) is 6.99. The maximum Gasteiger partial charge on any atom is 0.328 e. The molecule has 1 amide bonds. The Balaban J connectivity index is 0.00000605. The lowest BCUT2D eigenvalue weighted by Crippen LogP contribution is -2.45. The van der Waals surface area contributed by atoms with E-state index in [0.29, 0.717) is 56.0 Å². The van der Waals surface area contributed by atoms with Crippen molar-refractivity contribution in [1.82, 2.24) is 15.3 Å². The third kappa shape index (κ3) is 10.4. The molecule has 1 aliphatic heterocycles. The summed E-state index contributed by atoms with van der Waals surface area (Å²) in [5, 5.41) is 27.5. The summed E-state index contributed by atoms with van der Waals surface area (Å²) in [4.78, 5) is 36.2. The van der Waals surface area contributed by atoms with Crippen molar-refractivity contribution >= 4 is 64.8 Å². The molecule has 52 heavy (non-hydrogen) atoms. The Morgan fingerprint density at radius 2 is 1.69 bits per heavy atom. The van der Waals surface area contributed by atoms with E-state index in [-0.39, 0.29) is 38.1 Å². The van der Waals surface area contributed by atoms with Crippen LogP contribution in [0.15, 0.2) is 58.9 Å². The number of thiazole rings is 1. The molecule has 0 saturated carbocycles. The van der Waals surface area contributed by atoms with Gasteiger partial charge in [0.25, 0.3) is 0 Å². The summed E-state index contributed by atoms with van der Waals surface area (Å²) in [5.74, 6) is 0.772. The van der Waals surface area contributed by atoms with Gasteiger partial charge in [-0.05, 0) is 55.0 Å². The molecule has 1 saturated heterocycles. The molecular formula is C37H39Cl2N7O4S2. The van der Waals surface area contributed by atoms with E-state index in [0.717, 1.165) is 42.2 Å². The standard InChI is InChI=1S/C37H38ClN7O4S2.ClH/c1-23(2)17-31(43-32(46)20-41)37(47)49-16-15-48-28-11-7-24(8-12-28)33-29(18-39)34(45-13-3-4-14-45)44-36(30(33)19-40)51-22-27-21-50-35(42-27)25-5-9-26(38)10-6-25;/h5-12,21,23,31H,3-4,13-17,20,22,41H2,1-2H3,(H,43,46);1H/t31-;/m0./s1. The Labute approximate surface area is 322 Å². The number of carbonyl (C=O) groups excluding carboxylic acids is 2. The van der Waals surface area contributed by atoms with Crippen LogP contribution in [0.3, 0.4) is 0 Å². The van der Waals surface area contributed by atoms with E-state index in [1.54, 1.807) is 24.3 Å². The van der Waals surface area contributed by atoms with Crippen LogP contribution in [0.5, 0.6) is 5.75 Å². The summed E-state index contributed by atoms with van der Waals surface area (Å²) >= 11 is 9.02. The molecule has 15 heteroatoms. The van der Waals surface area contributed by atoms with E-state index < -0.39 is 17.9 Å². The quantitative estimate of drug-likeness (QED) is 0.0725. The normalized spacial score (nSPS) is 12.8. The molecule has 5 rings (SSSR count). The summed E-state index contributed by atoms with van der Waals surface area (Å²) in [6.07, 6.45) is 2.42. The van der Waals surface area contributed by atoms with Crippen LogP contribution in [-0.4, -0.2) is 60.7 Å². The summed E-state index contributed by atoms with van der Waals surface area (Å²) in [6, 6.07) is 18.5. The molecule has 3 heterocycles. The van der Waals surface area contributed by atoms with Gasteiger partial charge in [-0.15, -0.1) is 23.7 Å². The Kier molecular flexibility index (Phi) is 15.1. The smallest absolute Gasteiger partial charge is 0.328 e. The van der Waals surface area contributed by atoms with Crippen LogP contribution in [0.25, 0.3) is 21.7 Å². The number of thioether (sulfide) groups is 1. The number of hydrogen-bond acceptors (Lipinski definition) is 12. The summed E-state index contributed by atoms with van der Waals surface area (Å²) in [5.41, 5.74) is 9.11. The van der Waals surface area contributed by atoms with Gasteiger partial charge in [0.05, 0.1) is 17.8 Å². The Morgan fingerprint density at radius 3 is 2.33 bits per heavy atom. The first-order valence-electron chi connectivity index (χ1n) is 16.6. The van der Waals surface area contributed by atoms with Crippen LogP contribution in [-0.2, 0) is 20.1 Å². The van der Waals surface area contributed by atoms with Gasteiger partial charge in [-0.25, -0.2) is 14.8 Å². The second-order valence-corrected chi connectivity index (χ2v) is 14.5. The number of nitriles is 2. The number of nitrogens with two attached hydrogens (primary N) is 1. The average Bonchev–Trinajstić information content (AvgIpc) is 3.85. The van der Waals surface area contributed by atoms with Crippen LogP contribution in [0.2, 0.25) is 5.02 Å². The Bertz CT molecular complexity index is 1920. The van der Waals surface area contributed by atoms with Gasteiger partial charge < -0.3 is 25.4 Å². The molecular weight excluding hydrogens is 741 g/mol. The highest BCUT2D eigenvalue weighted by molar-refractivity contribution is 7.98. The molecule has 2 aromatic heterocycles. The van der Waals surface area contributed by atoms with Crippen molar-refractivity contribution < 1.29 is 19.1 Å². The summed E-state index contributed by atoms with van der Waals surface area (Å²) in [7, 11) is 0. The molecule has 0 radical (unpaired) electrons. The highest BCUT2D eigenvalue weighted by atomic mass is 35.5. The molecule has 1 atom stereocenters. The second kappa shape index (κ2) is 19.5. The topological polar surface area (TPSA) is 167 Å². The number of aromatic nitrogens is 2. The van der Waals surface area contributed by atoms with Crippen molar-refractivity contribution in [3.63, 3.8) is 0 Å². The van der Waals surface area contributed by atoms with E-state index in [1.165, 1.54) is 23.1 Å². The van der Waals surface area contributed by atoms with E-state index in [9.17, 15) is 20.1 Å². The molecule has 4 aromatic rings. The fourth-order valence-corrected chi connectivity index (χ4v) is 7.54. The number of halogens is 2. The van der Waals surface area contributed by atoms with E-state index >= 15 is 0 Å². The second-order valence-electron chi connectivity index (χ2n) is 12.2. The number of pyridine rings is 1. The Morgan fingerprint density at radius 1 is 1.02 bits per heavy atom. The number of carbonyl (C=O) groups is 2. The molecule has 0 aliphatic carbocycles. The number of nitrogens with zero attached hydrogens (tertiary/aromatic N) is 5. The third-order valence-electron chi connectivity index (χ3n) is 8.03. The van der Waals surface area contributed by atoms with Crippen LogP contribution >= 0.6 is 47.1 Å². The van der Waals surface area contributed by atoms with Crippen molar-refractivity contribution in [1.29, 1.82) is 10.5 Å². The van der Waals surface area contributed by atoms with Gasteiger partial charge >= 0.3 is 5.97 Å². The number of esters is 1. The molecule has 272 valence electrons. The van der Waals surface area contributed by atoms with Crippen molar-refractivity contribution in [2.24, 2.45) is 11.7 Å². The first-order chi connectivity index (χ1) is 24.7. The minimum atomic E-state index is -0.786. The van der Waals surface area contributed by atoms with Gasteiger partial charge in [-0.1, -0.05) is 61.5 Å². The van der Waals surface area contributed by atoms with Crippen LogP contribution in [0.4, 0.5) is 5.82 Å². The van der Waals surface area contributed by atoms with Gasteiger partial charge in [0, 0.05) is 40.4 Å². The largest absolute Gasteiger partial charge is 0.490 e. The van der Waals surface area contributed by atoms with E-state index in [1.807, 2.05) is 43.5 Å². The Hall–Kier alpha value is -4.37. The van der Waals surface area contributed by atoms with Crippen molar-refractivity contribution in [2.75, 3.05) is 37.7 Å². The first-order valence-corrected chi connectivity index (χ1v) is 18.8. The zero-order chi connectivity index (χ0) is 36.3. The van der Waals surface area contributed by atoms with Crippen LogP contribution in [0, 0.1) is 28.6 Å². The van der Waals surface area contributed by atoms with E-state index in [4.69, 9.17) is 36.8 Å². The summed E-state index contributed by atoms with van der Waals surface area (Å²) in [6.45, 7) is 5.30. The van der Waals surface area contributed by atoms with Gasteiger partial charge in [0.15, 0.2) is 0 Å². The van der Waals surface area contributed by atoms with Gasteiger partial charge in [0.2, 0.25) is 5.91 Å². The van der Waals surface area contributed by atoms with Crippen LogP contribution < -0.4 is 20.7 Å². The van der Waals surface area contributed by atoms with Crippen LogP contribution in [0.1, 0.15) is 49.9 Å². The molecule has 0 bridgehead atoms. The number of rotatable bonds is 15. The van der Waals surface area contributed by atoms with Crippen molar-refractivity contribution in [3.8, 4) is 39.6 Å². The third-order valence-corrected chi connectivity index (χ3v) is 10.2. The lowest BCUT2D eigenvalue weighted by molar-refractivity contribution is -0.149. The monoisotopic (exact) mass is 779 g/mol. The zero-order valence-corrected chi connectivity index (χ0v) is 32.0. The van der Waals surface area contributed by atoms with Gasteiger partial charge in [0.1, 0.15) is 58.6 Å². The van der Waals surface area contributed by atoms with Crippen molar-refractivity contribution in [3.05, 3.63) is 75.8 Å². The minimum Gasteiger partial charge on any atom is -0.490 e. The number of anilines is 1. The molecule has 0 spiro atoms. The summed E-state index contributed by atoms with van der Waals surface area (Å²) < 4.78 is 11.2. The number of amides is 1. The molecule has 11 nitrogen and oxygen atoms in total. The lowest BCUT2D eigenvalue weighted by Gasteiger charge is -2.22. The maximum absolute atomic E-state index is 12.6.